The molecule has 1 aromatic carbocycles. The molecule has 1 fully saturated rings. The van der Waals surface area contributed by atoms with Crippen molar-refractivity contribution in [1.29, 1.82) is 0 Å². The van der Waals surface area contributed by atoms with E-state index >= 15 is 0 Å². The third-order valence-corrected chi connectivity index (χ3v) is 3.79. The predicted octanol–water partition coefficient (Wildman–Crippen LogP) is 2.64. The Bertz CT molecular complexity index is 393. The first-order valence-electron chi connectivity index (χ1n) is 5.41. The van der Waals surface area contributed by atoms with Crippen molar-refractivity contribution >= 4 is 23.2 Å². The van der Waals surface area contributed by atoms with E-state index in [1.165, 1.54) is 0 Å². The minimum Gasteiger partial charge on any atom is -0.388 e. The van der Waals surface area contributed by atoms with E-state index in [-0.39, 0.29) is 6.54 Å². The van der Waals surface area contributed by atoms with Crippen LogP contribution in [0.4, 0.5) is 0 Å². The lowest BCUT2D eigenvalue weighted by Gasteiger charge is -2.27. The first kappa shape index (κ1) is 12.2. The fourth-order valence-corrected chi connectivity index (χ4v) is 2.47. The highest BCUT2D eigenvalue weighted by Gasteiger charge is 2.42. The van der Waals surface area contributed by atoms with Crippen LogP contribution in [0.1, 0.15) is 18.4 Å². The average molecular weight is 260 g/mol. The fourth-order valence-electron chi connectivity index (χ4n) is 2.00. The molecule has 0 aromatic heterocycles. The van der Waals surface area contributed by atoms with Crippen LogP contribution in [0.5, 0.6) is 0 Å². The van der Waals surface area contributed by atoms with Gasteiger partial charge in [-0.2, -0.15) is 0 Å². The molecule has 1 saturated carbocycles. The summed E-state index contributed by atoms with van der Waals surface area (Å²) >= 11 is 11.9. The third-order valence-electron chi connectivity index (χ3n) is 3.20. The summed E-state index contributed by atoms with van der Waals surface area (Å²) < 4.78 is 0. The predicted molar refractivity (Wildman–Crippen MR) is 66.9 cm³/mol. The van der Waals surface area contributed by atoms with Crippen molar-refractivity contribution in [3.63, 3.8) is 0 Å². The number of hydrogen-bond donors (Lipinski definition) is 2. The second kappa shape index (κ2) is 4.53. The highest BCUT2D eigenvalue weighted by molar-refractivity contribution is 6.35. The van der Waals surface area contributed by atoms with Crippen LogP contribution in [0.15, 0.2) is 18.2 Å². The summed E-state index contributed by atoms with van der Waals surface area (Å²) in [5, 5.41) is 11.6. The van der Waals surface area contributed by atoms with Gasteiger partial charge < -0.3 is 10.8 Å². The molecule has 2 nitrogen and oxygen atoms in total. The number of nitrogens with two attached hydrogens (primary N) is 1. The molecular weight excluding hydrogens is 245 g/mol. The summed E-state index contributed by atoms with van der Waals surface area (Å²) in [6.07, 6.45) is 2.61. The van der Waals surface area contributed by atoms with Gasteiger partial charge in [0.15, 0.2) is 0 Å². The van der Waals surface area contributed by atoms with Gasteiger partial charge in [0.1, 0.15) is 0 Å². The van der Waals surface area contributed by atoms with Crippen LogP contribution in [0.25, 0.3) is 0 Å². The van der Waals surface area contributed by atoms with Gasteiger partial charge in [-0.3, -0.25) is 0 Å². The lowest BCUT2D eigenvalue weighted by atomic mass is 9.90. The Morgan fingerprint density at radius 1 is 1.38 bits per heavy atom. The number of benzene rings is 1. The monoisotopic (exact) mass is 259 g/mol. The van der Waals surface area contributed by atoms with E-state index in [1.54, 1.807) is 12.1 Å². The van der Waals surface area contributed by atoms with Gasteiger partial charge in [0, 0.05) is 23.0 Å². The topological polar surface area (TPSA) is 46.2 Å². The maximum absolute atomic E-state index is 10.4. The Hall–Kier alpha value is -0.280. The molecule has 1 aliphatic rings. The summed E-state index contributed by atoms with van der Waals surface area (Å²) in [6, 6.07) is 5.34. The maximum atomic E-state index is 10.4. The Morgan fingerprint density at radius 2 is 2.06 bits per heavy atom. The van der Waals surface area contributed by atoms with Crippen LogP contribution in [0.2, 0.25) is 10.0 Å². The number of hydrogen-bond acceptors (Lipinski definition) is 2. The highest BCUT2D eigenvalue weighted by atomic mass is 35.5. The van der Waals surface area contributed by atoms with Crippen molar-refractivity contribution in [2.24, 2.45) is 11.7 Å². The summed E-state index contributed by atoms with van der Waals surface area (Å²) in [5.41, 5.74) is 5.76. The summed E-state index contributed by atoms with van der Waals surface area (Å²) in [5.74, 6) is 0.323. The fraction of sp³-hybridized carbons (Fsp3) is 0.500. The molecule has 0 aliphatic heterocycles. The zero-order valence-corrected chi connectivity index (χ0v) is 10.4. The second-order valence-corrected chi connectivity index (χ2v) is 5.34. The molecule has 4 heteroatoms. The minimum atomic E-state index is -0.808. The van der Waals surface area contributed by atoms with Gasteiger partial charge in [0.2, 0.25) is 0 Å². The Kier molecular flexibility index (Phi) is 3.45. The molecular formula is C12H15Cl2NO. The molecule has 2 rings (SSSR count). The van der Waals surface area contributed by atoms with Crippen LogP contribution in [-0.4, -0.2) is 17.3 Å². The number of halogens is 2. The normalized spacial score (nSPS) is 19.5. The van der Waals surface area contributed by atoms with E-state index in [0.717, 1.165) is 18.4 Å². The van der Waals surface area contributed by atoms with Gasteiger partial charge >= 0.3 is 0 Å². The van der Waals surface area contributed by atoms with Crippen LogP contribution in [0.3, 0.4) is 0 Å². The van der Waals surface area contributed by atoms with Crippen LogP contribution in [0, 0.1) is 5.92 Å². The Morgan fingerprint density at radius 3 is 2.56 bits per heavy atom. The van der Waals surface area contributed by atoms with Crippen molar-refractivity contribution in [2.75, 3.05) is 6.54 Å². The molecule has 1 aliphatic carbocycles. The van der Waals surface area contributed by atoms with E-state index in [0.29, 0.717) is 22.4 Å². The first-order valence-corrected chi connectivity index (χ1v) is 6.17. The van der Waals surface area contributed by atoms with Gasteiger partial charge in [-0.1, -0.05) is 29.3 Å². The van der Waals surface area contributed by atoms with Crippen LogP contribution in [-0.2, 0) is 6.42 Å². The van der Waals surface area contributed by atoms with E-state index in [1.807, 2.05) is 6.07 Å². The van der Waals surface area contributed by atoms with E-state index in [4.69, 9.17) is 28.9 Å². The van der Waals surface area contributed by atoms with E-state index in [2.05, 4.69) is 0 Å². The second-order valence-electron chi connectivity index (χ2n) is 4.49. The van der Waals surface area contributed by atoms with Gasteiger partial charge in [-0.05, 0) is 36.5 Å². The summed E-state index contributed by atoms with van der Waals surface area (Å²) in [6.45, 7) is 0.274. The molecule has 0 heterocycles. The zero-order valence-electron chi connectivity index (χ0n) is 8.92. The van der Waals surface area contributed by atoms with Crippen molar-refractivity contribution in [3.05, 3.63) is 33.8 Å². The quantitative estimate of drug-likeness (QED) is 0.874. The standard InChI is InChI=1S/C12H15Cl2NO/c13-10-4-1-8(11(14)5-10)6-12(16,7-15)9-2-3-9/h1,4-5,9,16H,2-3,6-7,15H2. The minimum absolute atomic E-state index is 0.274. The largest absolute Gasteiger partial charge is 0.388 e. The first-order chi connectivity index (χ1) is 7.55. The number of rotatable bonds is 4. The molecule has 0 bridgehead atoms. The van der Waals surface area contributed by atoms with Crippen molar-refractivity contribution in [2.45, 2.75) is 24.9 Å². The van der Waals surface area contributed by atoms with Gasteiger partial charge in [0.05, 0.1) is 5.60 Å². The van der Waals surface area contributed by atoms with Crippen molar-refractivity contribution in [1.82, 2.24) is 0 Å². The summed E-state index contributed by atoms with van der Waals surface area (Å²) in [7, 11) is 0. The molecule has 0 amide bonds. The molecule has 1 unspecified atom stereocenters. The lowest BCUT2D eigenvalue weighted by Crippen LogP contribution is -2.42. The molecule has 88 valence electrons. The molecule has 1 atom stereocenters. The molecule has 16 heavy (non-hydrogen) atoms. The highest BCUT2D eigenvalue weighted by Crippen LogP contribution is 2.41. The lowest BCUT2D eigenvalue weighted by molar-refractivity contribution is 0.0267. The molecule has 0 radical (unpaired) electrons. The van der Waals surface area contributed by atoms with Gasteiger partial charge in [-0.15, -0.1) is 0 Å². The average Bonchev–Trinajstić information content (AvgIpc) is 3.06. The van der Waals surface area contributed by atoms with Gasteiger partial charge in [-0.25, -0.2) is 0 Å². The van der Waals surface area contributed by atoms with E-state index < -0.39 is 5.60 Å². The number of aliphatic hydroxyl groups is 1. The van der Waals surface area contributed by atoms with Crippen molar-refractivity contribution in [3.8, 4) is 0 Å². The van der Waals surface area contributed by atoms with Crippen LogP contribution < -0.4 is 5.73 Å². The van der Waals surface area contributed by atoms with E-state index in [9.17, 15) is 5.11 Å². The van der Waals surface area contributed by atoms with Gasteiger partial charge in [0.25, 0.3) is 0 Å². The third kappa shape index (κ3) is 2.51. The van der Waals surface area contributed by atoms with Crippen molar-refractivity contribution < 1.29 is 5.11 Å². The zero-order chi connectivity index (χ0) is 11.8. The molecule has 0 spiro atoms. The Balaban J connectivity index is 2.18. The molecule has 1 aromatic rings. The molecule has 0 saturated heterocycles. The Labute approximate surface area is 105 Å². The molecule has 3 N–H and O–H groups in total. The van der Waals surface area contributed by atoms with Crippen LogP contribution >= 0.6 is 23.2 Å². The SMILES string of the molecule is NCC(O)(Cc1ccc(Cl)cc1Cl)C1CC1. The summed E-state index contributed by atoms with van der Waals surface area (Å²) in [4.78, 5) is 0. The smallest absolute Gasteiger partial charge is 0.0837 e. The maximum Gasteiger partial charge on any atom is 0.0837 e.